The van der Waals surface area contributed by atoms with Crippen LogP contribution in [0.4, 0.5) is 18.9 Å². The molecule has 9 heteroatoms. The van der Waals surface area contributed by atoms with E-state index < -0.39 is 17.6 Å². The van der Waals surface area contributed by atoms with Crippen LogP contribution in [0.25, 0.3) is 5.65 Å². The molecule has 0 atom stereocenters. The zero-order valence-corrected chi connectivity index (χ0v) is 22.6. The molecule has 0 unspecified atom stereocenters. The van der Waals surface area contributed by atoms with E-state index in [0.717, 1.165) is 35.9 Å². The molecule has 3 heterocycles. The molecule has 0 aliphatic carbocycles. The van der Waals surface area contributed by atoms with Gasteiger partial charge >= 0.3 is 6.18 Å². The van der Waals surface area contributed by atoms with Crippen LogP contribution < -0.4 is 5.32 Å². The molecule has 4 aromatic rings. The Morgan fingerprint density at radius 2 is 1.77 bits per heavy atom. The predicted molar refractivity (Wildman–Crippen MR) is 149 cm³/mol. The average molecular weight is 546 g/mol. The number of imidazole rings is 1. The van der Waals surface area contributed by atoms with Gasteiger partial charge in [0.25, 0.3) is 5.91 Å². The van der Waals surface area contributed by atoms with E-state index in [2.05, 4.69) is 27.0 Å². The molecule has 40 heavy (non-hydrogen) atoms. The molecular formula is C31H30F3N5O. The van der Waals surface area contributed by atoms with Crippen LogP contribution in [0.3, 0.4) is 0 Å². The zero-order valence-electron chi connectivity index (χ0n) is 22.6. The second kappa shape index (κ2) is 11.2. The Morgan fingerprint density at radius 3 is 2.52 bits per heavy atom. The summed E-state index contributed by atoms with van der Waals surface area (Å²) in [5.41, 5.74) is 3.96. The van der Waals surface area contributed by atoms with Crippen LogP contribution in [0, 0.1) is 25.7 Å². The highest BCUT2D eigenvalue weighted by Gasteiger charge is 2.34. The van der Waals surface area contributed by atoms with Gasteiger partial charge < -0.3 is 10.2 Å². The molecule has 1 saturated heterocycles. The number of anilines is 1. The summed E-state index contributed by atoms with van der Waals surface area (Å²) in [6.45, 7) is 7.14. The Bertz CT molecular complexity index is 1620. The van der Waals surface area contributed by atoms with Gasteiger partial charge in [0.05, 0.1) is 11.8 Å². The van der Waals surface area contributed by atoms with E-state index in [4.69, 9.17) is 0 Å². The number of aryl methyl sites for hydroxylation is 2. The van der Waals surface area contributed by atoms with Crippen LogP contribution in [0.2, 0.25) is 0 Å². The maximum absolute atomic E-state index is 14.0. The molecule has 1 N–H and O–H groups in total. The Kier molecular flexibility index (Phi) is 7.66. The molecule has 6 nitrogen and oxygen atoms in total. The minimum absolute atomic E-state index is 0.0914. The Labute approximate surface area is 231 Å². The molecule has 1 fully saturated rings. The van der Waals surface area contributed by atoms with Gasteiger partial charge in [-0.15, -0.1) is 0 Å². The zero-order chi connectivity index (χ0) is 28.4. The number of amides is 1. The van der Waals surface area contributed by atoms with Crippen molar-refractivity contribution in [3.8, 4) is 11.8 Å². The van der Waals surface area contributed by atoms with E-state index in [1.807, 2.05) is 48.5 Å². The summed E-state index contributed by atoms with van der Waals surface area (Å²) in [4.78, 5) is 21.6. The van der Waals surface area contributed by atoms with Gasteiger partial charge in [-0.2, -0.15) is 13.2 Å². The number of piperazine rings is 1. The summed E-state index contributed by atoms with van der Waals surface area (Å²) in [5.74, 6) is 5.73. The number of nitrogens with zero attached hydrogens (tertiary/aromatic N) is 4. The summed E-state index contributed by atoms with van der Waals surface area (Å²) >= 11 is 0. The largest absolute Gasteiger partial charge is 0.416 e. The number of rotatable bonds is 4. The molecule has 5 rings (SSSR count). The van der Waals surface area contributed by atoms with Crippen molar-refractivity contribution in [2.75, 3.05) is 38.5 Å². The number of carbonyl (C=O) groups excluding carboxylic acids is 1. The summed E-state index contributed by atoms with van der Waals surface area (Å²) in [6, 6.07) is 13.0. The first-order chi connectivity index (χ1) is 19.1. The van der Waals surface area contributed by atoms with Crippen molar-refractivity contribution in [1.29, 1.82) is 0 Å². The van der Waals surface area contributed by atoms with E-state index in [1.165, 1.54) is 12.1 Å². The Balaban J connectivity index is 1.35. The number of hydrogen-bond acceptors (Lipinski definition) is 4. The van der Waals surface area contributed by atoms with Gasteiger partial charge in [-0.1, -0.05) is 24.1 Å². The number of carbonyl (C=O) groups is 1. The molecule has 1 aliphatic rings. The number of fused-ring (bicyclic) bond motifs is 1. The summed E-state index contributed by atoms with van der Waals surface area (Å²) in [5, 5.41) is 2.63. The quantitative estimate of drug-likeness (QED) is 0.351. The van der Waals surface area contributed by atoms with Crippen LogP contribution in [0.1, 0.15) is 43.9 Å². The van der Waals surface area contributed by atoms with Gasteiger partial charge in [0.1, 0.15) is 11.3 Å². The molecule has 206 valence electrons. The predicted octanol–water partition coefficient (Wildman–Crippen LogP) is 5.37. The number of aromatic nitrogens is 2. The smallest absolute Gasteiger partial charge is 0.322 e. The van der Waals surface area contributed by atoms with Crippen molar-refractivity contribution in [2.24, 2.45) is 0 Å². The summed E-state index contributed by atoms with van der Waals surface area (Å²) < 4.78 is 43.8. The molecule has 0 radical (unpaired) electrons. The van der Waals surface area contributed by atoms with Crippen molar-refractivity contribution in [1.82, 2.24) is 19.2 Å². The fourth-order valence-corrected chi connectivity index (χ4v) is 4.71. The van der Waals surface area contributed by atoms with Crippen LogP contribution in [-0.2, 0) is 12.7 Å². The SMILES string of the molecule is Cc1ccc2ncc(C#Cc3cc(C(=O)Nc4ccc(CN5CCN(C)CC5)c(C(F)(F)F)c4)ccc3C)n2c1. The Morgan fingerprint density at radius 1 is 1.00 bits per heavy atom. The maximum Gasteiger partial charge on any atom is 0.416 e. The molecule has 0 spiro atoms. The molecule has 1 amide bonds. The second-order valence-electron chi connectivity index (χ2n) is 10.3. The molecule has 0 bridgehead atoms. The molecule has 1 aliphatic heterocycles. The first-order valence-corrected chi connectivity index (χ1v) is 13.1. The van der Waals surface area contributed by atoms with E-state index >= 15 is 0 Å². The number of benzene rings is 2. The van der Waals surface area contributed by atoms with E-state index in [1.54, 1.807) is 24.4 Å². The average Bonchev–Trinajstić information content (AvgIpc) is 3.31. The van der Waals surface area contributed by atoms with E-state index in [9.17, 15) is 18.0 Å². The maximum atomic E-state index is 14.0. The lowest BCUT2D eigenvalue weighted by Gasteiger charge is -2.33. The van der Waals surface area contributed by atoms with Gasteiger partial charge in [0.2, 0.25) is 0 Å². The monoisotopic (exact) mass is 545 g/mol. The van der Waals surface area contributed by atoms with Gasteiger partial charge in [-0.3, -0.25) is 14.1 Å². The number of likely N-dealkylation sites (N-methyl/N-ethyl adjacent to an activating group) is 1. The fourth-order valence-electron chi connectivity index (χ4n) is 4.71. The third kappa shape index (κ3) is 6.19. The van der Waals surface area contributed by atoms with Gasteiger partial charge in [-0.05, 0) is 73.8 Å². The Hall–Kier alpha value is -4.13. The van der Waals surface area contributed by atoms with Crippen molar-refractivity contribution < 1.29 is 18.0 Å². The third-order valence-corrected chi connectivity index (χ3v) is 7.14. The van der Waals surface area contributed by atoms with Crippen LogP contribution in [0.15, 0.2) is 60.9 Å². The number of nitrogens with one attached hydrogen (secondary N) is 1. The minimum Gasteiger partial charge on any atom is -0.322 e. The van der Waals surface area contributed by atoms with Crippen molar-refractivity contribution in [3.63, 3.8) is 0 Å². The first-order valence-electron chi connectivity index (χ1n) is 13.1. The first kappa shape index (κ1) is 27.4. The summed E-state index contributed by atoms with van der Waals surface area (Å²) in [6.07, 6.45) is -0.889. The molecule has 2 aromatic carbocycles. The topological polar surface area (TPSA) is 52.9 Å². The molecule has 2 aromatic heterocycles. The van der Waals surface area contributed by atoms with E-state index in [0.29, 0.717) is 29.9 Å². The van der Waals surface area contributed by atoms with Gasteiger partial charge in [0, 0.05) is 55.7 Å². The standard InChI is InChI=1S/C31H30F3N5O/c1-21-4-11-29-35-18-27(39(29)19-21)10-8-23-16-24(6-5-22(23)2)30(40)36-26-9-7-25(28(17-26)31(32,33)34)20-38-14-12-37(3)13-15-38/h4-7,9,11,16-19H,12-15,20H2,1-3H3,(H,36,40). The minimum atomic E-state index is -4.54. The van der Waals surface area contributed by atoms with Crippen LogP contribution in [0.5, 0.6) is 0 Å². The third-order valence-electron chi connectivity index (χ3n) is 7.14. The van der Waals surface area contributed by atoms with Crippen LogP contribution in [-0.4, -0.2) is 58.3 Å². The molecular weight excluding hydrogens is 515 g/mol. The fraction of sp³-hybridized carbons (Fsp3) is 0.290. The van der Waals surface area contributed by atoms with Crippen molar-refractivity contribution >= 4 is 17.2 Å². The van der Waals surface area contributed by atoms with Crippen LogP contribution >= 0.6 is 0 Å². The molecule has 0 saturated carbocycles. The van der Waals surface area contributed by atoms with Crippen molar-refractivity contribution in [2.45, 2.75) is 26.6 Å². The lowest BCUT2D eigenvalue weighted by molar-refractivity contribution is -0.138. The highest BCUT2D eigenvalue weighted by Crippen LogP contribution is 2.34. The highest BCUT2D eigenvalue weighted by molar-refractivity contribution is 6.04. The normalized spacial score (nSPS) is 14.7. The number of alkyl halides is 3. The number of pyridine rings is 1. The van der Waals surface area contributed by atoms with Crippen molar-refractivity contribution in [3.05, 3.63) is 100.0 Å². The van der Waals surface area contributed by atoms with Gasteiger partial charge in [-0.25, -0.2) is 4.98 Å². The lowest BCUT2D eigenvalue weighted by atomic mass is 10.0. The lowest BCUT2D eigenvalue weighted by Crippen LogP contribution is -2.44. The number of hydrogen-bond donors (Lipinski definition) is 1. The van der Waals surface area contributed by atoms with Gasteiger partial charge in [0.15, 0.2) is 0 Å². The highest BCUT2D eigenvalue weighted by atomic mass is 19.4. The summed E-state index contributed by atoms with van der Waals surface area (Å²) in [7, 11) is 2.00. The second-order valence-corrected chi connectivity index (χ2v) is 10.3. The van der Waals surface area contributed by atoms with E-state index in [-0.39, 0.29) is 17.8 Å². The number of halogens is 3.